The highest BCUT2D eigenvalue weighted by molar-refractivity contribution is 7.80. The summed E-state index contributed by atoms with van der Waals surface area (Å²) in [4.78, 5) is 1.02. The van der Waals surface area contributed by atoms with Gasteiger partial charge in [0, 0.05) is 20.4 Å². The summed E-state index contributed by atoms with van der Waals surface area (Å²) in [5.41, 5.74) is 2.34. The Bertz CT molecular complexity index is 520. The van der Waals surface area contributed by atoms with Crippen LogP contribution in [0.1, 0.15) is 11.1 Å². The van der Waals surface area contributed by atoms with E-state index in [4.69, 9.17) is 5.26 Å². The normalized spacial score (nSPS) is 10.4. The third-order valence-electron chi connectivity index (χ3n) is 2.35. The van der Waals surface area contributed by atoms with Crippen molar-refractivity contribution in [1.29, 1.82) is 5.26 Å². The zero-order valence-corrected chi connectivity index (χ0v) is 9.45. The van der Waals surface area contributed by atoms with E-state index >= 15 is 0 Å². The molecule has 2 aromatic rings. The van der Waals surface area contributed by atoms with Crippen molar-refractivity contribution in [1.82, 2.24) is 0 Å². The predicted octanol–water partition coefficient (Wildman–Crippen LogP) is 3.56. The summed E-state index contributed by atoms with van der Waals surface area (Å²) < 4.78 is 1.25. The van der Waals surface area contributed by atoms with Gasteiger partial charge in [0.2, 0.25) is 0 Å². The van der Waals surface area contributed by atoms with Crippen LogP contribution in [0, 0.1) is 18.3 Å². The number of fused-ring (bicyclic) bond motifs is 1. The Morgan fingerprint density at radius 3 is 3.00 bits per heavy atom. The third kappa shape index (κ3) is 1.41. The molecule has 0 radical (unpaired) electrons. The summed E-state index contributed by atoms with van der Waals surface area (Å²) in [5.74, 6) is 0. The Morgan fingerprint density at radius 1 is 1.50 bits per heavy atom. The topological polar surface area (TPSA) is 23.8 Å². The molecule has 0 atom stereocenters. The molecule has 0 aliphatic carbocycles. The zero-order valence-electron chi connectivity index (χ0n) is 7.74. The SMILES string of the molecule is Cc1c(CC#N)ccc2c(S)csc12. The molecule has 0 amide bonds. The van der Waals surface area contributed by atoms with E-state index in [1.54, 1.807) is 11.3 Å². The Morgan fingerprint density at radius 2 is 2.29 bits per heavy atom. The quantitative estimate of drug-likeness (QED) is 0.728. The number of rotatable bonds is 1. The van der Waals surface area contributed by atoms with Crippen molar-refractivity contribution in [2.75, 3.05) is 0 Å². The minimum atomic E-state index is 0.488. The van der Waals surface area contributed by atoms with Crippen LogP contribution in [0.3, 0.4) is 0 Å². The number of hydrogen-bond donors (Lipinski definition) is 1. The first-order valence-electron chi connectivity index (χ1n) is 4.29. The van der Waals surface area contributed by atoms with Gasteiger partial charge in [-0.1, -0.05) is 12.1 Å². The summed E-state index contributed by atoms with van der Waals surface area (Å²) in [6.07, 6.45) is 0.488. The molecular formula is C11H9NS2. The number of thiol groups is 1. The van der Waals surface area contributed by atoms with Crippen molar-refractivity contribution < 1.29 is 0 Å². The van der Waals surface area contributed by atoms with E-state index < -0.39 is 0 Å². The largest absolute Gasteiger partial charge is 0.198 e. The van der Waals surface area contributed by atoms with Gasteiger partial charge in [-0.25, -0.2) is 0 Å². The van der Waals surface area contributed by atoms with Crippen molar-refractivity contribution in [3.05, 3.63) is 28.6 Å². The highest BCUT2D eigenvalue weighted by Crippen LogP contribution is 2.32. The molecule has 0 bridgehead atoms. The molecule has 70 valence electrons. The second kappa shape index (κ2) is 3.64. The fraction of sp³-hybridized carbons (Fsp3) is 0.182. The van der Waals surface area contributed by atoms with Gasteiger partial charge in [-0.3, -0.25) is 0 Å². The number of benzene rings is 1. The zero-order chi connectivity index (χ0) is 10.1. The van der Waals surface area contributed by atoms with Crippen LogP contribution in [0.2, 0.25) is 0 Å². The lowest BCUT2D eigenvalue weighted by molar-refractivity contribution is 1.23. The van der Waals surface area contributed by atoms with Crippen LogP contribution in [-0.4, -0.2) is 0 Å². The lowest BCUT2D eigenvalue weighted by atomic mass is 10.0. The first kappa shape index (κ1) is 9.57. The smallest absolute Gasteiger partial charge is 0.0669 e. The second-order valence-corrected chi connectivity index (χ2v) is 4.54. The van der Waals surface area contributed by atoms with E-state index in [9.17, 15) is 0 Å². The number of hydrogen-bond acceptors (Lipinski definition) is 3. The molecule has 0 fully saturated rings. The van der Waals surface area contributed by atoms with Gasteiger partial charge < -0.3 is 0 Å². The highest BCUT2D eigenvalue weighted by Gasteiger charge is 2.06. The van der Waals surface area contributed by atoms with Crippen LogP contribution in [-0.2, 0) is 6.42 Å². The summed E-state index contributed by atoms with van der Waals surface area (Å²) in [7, 11) is 0. The van der Waals surface area contributed by atoms with Gasteiger partial charge in [-0.15, -0.1) is 24.0 Å². The fourth-order valence-corrected chi connectivity index (χ4v) is 2.93. The average molecular weight is 219 g/mol. The molecule has 0 spiro atoms. The van der Waals surface area contributed by atoms with Gasteiger partial charge in [0.1, 0.15) is 0 Å². The molecule has 1 heterocycles. The van der Waals surface area contributed by atoms with E-state index in [-0.39, 0.29) is 0 Å². The standard InChI is InChI=1S/C11H9NS2/c1-7-8(4-5-12)2-3-9-10(13)6-14-11(7)9/h2-3,6,13H,4H2,1H3. The van der Waals surface area contributed by atoms with Gasteiger partial charge in [0.25, 0.3) is 0 Å². The van der Waals surface area contributed by atoms with Gasteiger partial charge >= 0.3 is 0 Å². The average Bonchev–Trinajstić information content (AvgIpc) is 2.54. The number of nitrogens with zero attached hydrogens (tertiary/aromatic N) is 1. The number of nitriles is 1. The third-order valence-corrected chi connectivity index (χ3v) is 4.01. The Hall–Kier alpha value is -0.980. The second-order valence-electron chi connectivity index (χ2n) is 3.18. The van der Waals surface area contributed by atoms with Crippen LogP contribution in [0.5, 0.6) is 0 Å². The van der Waals surface area contributed by atoms with E-state index in [2.05, 4.69) is 25.6 Å². The number of thiophene rings is 1. The lowest BCUT2D eigenvalue weighted by Crippen LogP contribution is -1.86. The van der Waals surface area contributed by atoms with Gasteiger partial charge in [0.15, 0.2) is 0 Å². The maximum Gasteiger partial charge on any atom is 0.0669 e. The molecule has 1 aromatic carbocycles. The molecule has 3 heteroatoms. The van der Waals surface area contributed by atoms with Crippen LogP contribution in [0.4, 0.5) is 0 Å². The molecule has 0 aliphatic rings. The van der Waals surface area contributed by atoms with Gasteiger partial charge in [-0.2, -0.15) is 5.26 Å². The molecule has 1 nitrogen and oxygen atoms in total. The van der Waals surface area contributed by atoms with Crippen molar-refractivity contribution in [2.45, 2.75) is 18.2 Å². The molecule has 0 saturated carbocycles. The van der Waals surface area contributed by atoms with Crippen LogP contribution < -0.4 is 0 Å². The Kier molecular flexibility index (Phi) is 2.49. The van der Waals surface area contributed by atoms with E-state index in [1.165, 1.54) is 15.6 Å². The molecule has 0 N–H and O–H groups in total. The summed E-state index contributed by atoms with van der Waals surface area (Å²) in [6, 6.07) is 6.25. The van der Waals surface area contributed by atoms with Crippen molar-refractivity contribution in [3.63, 3.8) is 0 Å². The number of aryl methyl sites for hydroxylation is 1. The Labute approximate surface area is 92.4 Å². The highest BCUT2D eigenvalue weighted by atomic mass is 32.1. The molecule has 1 aromatic heterocycles. The van der Waals surface area contributed by atoms with E-state index in [0.717, 1.165) is 10.5 Å². The first-order valence-corrected chi connectivity index (χ1v) is 5.62. The minimum Gasteiger partial charge on any atom is -0.198 e. The predicted molar refractivity (Wildman–Crippen MR) is 63.1 cm³/mol. The van der Waals surface area contributed by atoms with Gasteiger partial charge in [0.05, 0.1) is 12.5 Å². The lowest BCUT2D eigenvalue weighted by Gasteiger charge is -2.02. The van der Waals surface area contributed by atoms with Crippen molar-refractivity contribution in [2.24, 2.45) is 0 Å². The van der Waals surface area contributed by atoms with Crippen LogP contribution >= 0.6 is 24.0 Å². The molecule has 14 heavy (non-hydrogen) atoms. The van der Waals surface area contributed by atoms with Crippen molar-refractivity contribution >= 4 is 34.1 Å². The Balaban J connectivity index is 2.71. The summed E-state index contributed by atoms with van der Waals surface area (Å²) >= 11 is 6.08. The van der Waals surface area contributed by atoms with Crippen LogP contribution in [0.15, 0.2) is 22.4 Å². The van der Waals surface area contributed by atoms with Crippen LogP contribution in [0.25, 0.3) is 10.1 Å². The molecule has 2 rings (SSSR count). The fourth-order valence-electron chi connectivity index (χ4n) is 1.54. The molecule has 0 saturated heterocycles. The molecule has 0 unspecified atom stereocenters. The van der Waals surface area contributed by atoms with E-state index in [1.807, 2.05) is 17.5 Å². The van der Waals surface area contributed by atoms with E-state index in [0.29, 0.717) is 6.42 Å². The molecular weight excluding hydrogens is 210 g/mol. The maximum atomic E-state index is 8.66. The molecule has 0 aliphatic heterocycles. The summed E-state index contributed by atoms with van der Waals surface area (Å²) in [5, 5.41) is 11.9. The maximum absolute atomic E-state index is 8.66. The monoisotopic (exact) mass is 219 g/mol. The minimum absolute atomic E-state index is 0.488. The summed E-state index contributed by atoms with van der Waals surface area (Å²) in [6.45, 7) is 2.07. The first-order chi connectivity index (χ1) is 6.74. The van der Waals surface area contributed by atoms with Crippen molar-refractivity contribution in [3.8, 4) is 6.07 Å². The van der Waals surface area contributed by atoms with Gasteiger partial charge in [-0.05, 0) is 18.1 Å².